The monoisotopic (exact) mass is 322 g/mol. The SMILES string of the molecule is CCCc1cc2c(OC)ccc(Br)c2nc1NCC. The molecule has 0 saturated carbocycles. The van der Waals surface area contributed by atoms with Crippen LogP contribution in [0.2, 0.25) is 0 Å². The van der Waals surface area contributed by atoms with E-state index in [1.807, 2.05) is 12.1 Å². The molecule has 1 heterocycles. The van der Waals surface area contributed by atoms with Crippen LogP contribution in [0.4, 0.5) is 5.82 Å². The fraction of sp³-hybridized carbons (Fsp3) is 0.400. The molecule has 1 aromatic heterocycles. The fourth-order valence-electron chi connectivity index (χ4n) is 2.20. The second-order valence-electron chi connectivity index (χ2n) is 4.42. The molecule has 1 N–H and O–H groups in total. The van der Waals surface area contributed by atoms with Crippen LogP contribution in [0.1, 0.15) is 25.8 Å². The van der Waals surface area contributed by atoms with Crippen LogP contribution in [-0.2, 0) is 6.42 Å². The van der Waals surface area contributed by atoms with E-state index >= 15 is 0 Å². The number of ether oxygens (including phenoxy) is 1. The van der Waals surface area contributed by atoms with Crippen LogP contribution in [0, 0.1) is 0 Å². The van der Waals surface area contributed by atoms with E-state index in [1.165, 1.54) is 5.56 Å². The van der Waals surface area contributed by atoms with Crippen molar-refractivity contribution in [2.24, 2.45) is 0 Å². The van der Waals surface area contributed by atoms with Crippen molar-refractivity contribution in [1.82, 2.24) is 4.98 Å². The molecule has 2 aromatic rings. The number of benzene rings is 1. The number of nitrogens with one attached hydrogen (secondary N) is 1. The number of rotatable bonds is 5. The molecule has 0 aliphatic heterocycles. The third kappa shape index (κ3) is 2.84. The third-order valence-electron chi connectivity index (χ3n) is 3.06. The van der Waals surface area contributed by atoms with Crippen molar-refractivity contribution in [2.45, 2.75) is 26.7 Å². The Hall–Kier alpha value is -1.29. The largest absolute Gasteiger partial charge is 0.496 e. The summed E-state index contributed by atoms with van der Waals surface area (Å²) in [7, 11) is 1.69. The number of methoxy groups -OCH3 is 1. The number of pyridine rings is 1. The van der Waals surface area contributed by atoms with E-state index < -0.39 is 0 Å². The van der Waals surface area contributed by atoms with E-state index in [-0.39, 0.29) is 0 Å². The number of anilines is 1. The highest BCUT2D eigenvalue weighted by atomic mass is 79.9. The topological polar surface area (TPSA) is 34.1 Å². The van der Waals surface area contributed by atoms with E-state index in [9.17, 15) is 0 Å². The minimum absolute atomic E-state index is 0.867. The maximum Gasteiger partial charge on any atom is 0.129 e. The lowest BCUT2D eigenvalue weighted by Crippen LogP contribution is -2.04. The molecule has 0 bridgehead atoms. The molecule has 102 valence electrons. The van der Waals surface area contributed by atoms with Gasteiger partial charge in [-0.15, -0.1) is 0 Å². The Kier molecular flexibility index (Phi) is 4.64. The Labute approximate surface area is 122 Å². The Balaban J connectivity index is 2.68. The lowest BCUT2D eigenvalue weighted by molar-refractivity contribution is 0.419. The lowest BCUT2D eigenvalue weighted by Gasteiger charge is -2.13. The molecule has 1 aromatic carbocycles. The van der Waals surface area contributed by atoms with Crippen LogP contribution in [0.15, 0.2) is 22.7 Å². The van der Waals surface area contributed by atoms with Crippen molar-refractivity contribution in [3.63, 3.8) is 0 Å². The number of aryl methyl sites for hydroxylation is 1. The zero-order valence-corrected chi connectivity index (χ0v) is 13.2. The normalized spacial score (nSPS) is 10.7. The highest BCUT2D eigenvalue weighted by Crippen LogP contribution is 2.33. The molecule has 0 atom stereocenters. The highest BCUT2D eigenvalue weighted by Gasteiger charge is 2.11. The molecule has 0 unspecified atom stereocenters. The van der Waals surface area contributed by atoms with Crippen molar-refractivity contribution < 1.29 is 4.74 Å². The maximum atomic E-state index is 5.43. The van der Waals surface area contributed by atoms with Gasteiger partial charge in [-0.2, -0.15) is 0 Å². The fourth-order valence-corrected chi connectivity index (χ4v) is 2.64. The first-order valence-electron chi connectivity index (χ1n) is 6.61. The van der Waals surface area contributed by atoms with Crippen LogP contribution >= 0.6 is 15.9 Å². The van der Waals surface area contributed by atoms with Gasteiger partial charge in [0, 0.05) is 16.4 Å². The first-order valence-corrected chi connectivity index (χ1v) is 7.40. The number of hydrogen-bond donors (Lipinski definition) is 1. The maximum absolute atomic E-state index is 5.43. The summed E-state index contributed by atoms with van der Waals surface area (Å²) in [6, 6.07) is 6.13. The van der Waals surface area contributed by atoms with Crippen molar-refractivity contribution in [2.75, 3.05) is 19.0 Å². The minimum Gasteiger partial charge on any atom is -0.496 e. The number of nitrogens with zero attached hydrogens (tertiary/aromatic N) is 1. The van der Waals surface area contributed by atoms with Gasteiger partial charge in [0.15, 0.2) is 0 Å². The van der Waals surface area contributed by atoms with Crippen molar-refractivity contribution in [1.29, 1.82) is 0 Å². The Morgan fingerprint density at radius 2 is 2.11 bits per heavy atom. The van der Waals surface area contributed by atoms with Crippen molar-refractivity contribution in [3.05, 3.63) is 28.2 Å². The number of aromatic nitrogens is 1. The quantitative estimate of drug-likeness (QED) is 0.886. The van der Waals surface area contributed by atoms with Crippen LogP contribution in [0.25, 0.3) is 10.9 Å². The summed E-state index contributed by atoms with van der Waals surface area (Å²) in [5, 5.41) is 4.40. The van der Waals surface area contributed by atoms with Gasteiger partial charge in [0.25, 0.3) is 0 Å². The van der Waals surface area contributed by atoms with Gasteiger partial charge in [-0.1, -0.05) is 13.3 Å². The van der Waals surface area contributed by atoms with Gasteiger partial charge in [0.05, 0.1) is 12.6 Å². The summed E-state index contributed by atoms with van der Waals surface area (Å²) in [6.07, 6.45) is 2.11. The van der Waals surface area contributed by atoms with Crippen molar-refractivity contribution in [3.8, 4) is 5.75 Å². The second kappa shape index (κ2) is 6.24. The molecule has 0 aliphatic rings. The van der Waals surface area contributed by atoms with Gasteiger partial charge < -0.3 is 10.1 Å². The predicted octanol–water partition coefficient (Wildman–Crippen LogP) is 4.39. The van der Waals surface area contributed by atoms with Crippen LogP contribution in [0.3, 0.4) is 0 Å². The minimum atomic E-state index is 0.867. The van der Waals surface area contributed by atoms with Gasteiger partial charge >= 0.3 is 0 Å². The summed E-state index contributed by atoms with van der Waals surface area (Å²) < 4.78 is 6.43. The molecule has 3 nitrogen and oxygen atoms in total. The molecule has 0 radical (unpaired) electrons. The van der Waals surface area contributed by atoms with Crippen LogP contribution in [0.5, 0.6) is 5.75 Å². The van der Waals surface area contributed by atoms with Gasteiger partial charge in [0.2, 0.25) is 0 Å². The molecule has 2 rings (SSSR count). The van der Waals surface area contributed by atoms with Crippen LogP contribution in [-0.4, -0.2) is 18.6 Å². The van der Waals surface area contributed by atoms with Gasteiger partial charge in [-0.25, -0.2) is 4.98 Å². The van der Waals surface area contributed by atoms with Gasteiger partial charge in [0.1, 0.15) is 11.6 Å². The average molecular weight is 323 g/mol. The van der Waals surface area contributed by atoms with E-state index in [2.05, 4.69) is 41.2 Å². The van der Waals surface area contributed by atoms with E-state index in [1.54, 1.807) is 7.11 Å². The smallest absolute Gasteiger partial charge is 0.129 e. The summed E-state index contributed by atoms with van der Waals surface area (Å²) in [5.74, 6) is 1.84. The standard InChI is InChI=1S/C15H19BrN2O/c1-4-6-10-9-11-13(19-3)8-7-12(16)14(11)18-15(10)17-5-2/h7-9H,4-6H2,1-3H3,(H,17,18). The molecule has 0 saturated heterocycles. The number of hydrogen-bond acceptors (Lipinski definition) is 3. The lowest BCUT2D eigenvalue weighted by atomic mass is 10.1. The van der Waals surface area contributed by atoms with Crippen molar-refractivity contribution >= 4 is 32.7 Å². The predicted molar refractivity (Wildman–Crippen MR) is 84.2 cm³/mol. The third-order valence-corrected chi connectivity index (χ3v) is 3.70. The molecule has 4 heteroatoms. The Morgan fingerprint density at radius 1 is 1.32 bits per heavy atom. The molecule has 0 aliphatic carbocycles. The summed E-state index contributed by atoms with van der Waals surface area (Å²) in [6.45, 7) is 5.14. The highest BCUT2D eigenvalue weighted by molar-refractivity contribution is 9.10. The molecule has 0 spiro atoms. The van der Waals surface area contributed by atoms with Gasteiger partial charge in [-0.05, 0) is 53.0 Å². The second-order valence-corrected chi connectivity index (χ2v) is 5.28. The van der Waals surface area contributed by atoms with E-state index in [4.69, 9.17) is 9.72 Å². The van der Waals surface area contributed by atoms with Crippen LogP contribution < -0.4 is 10.1 Å². The Morgan fingerprint density at radius 3 is 2.74 bits per heavy atom. The first-order chi connectivity index (χ1) is 9.21. The van der Waals surface area contributed by atoms with E-state index in [0.717, 1.165) is 46.3 Å². The molecular weight excluding hydrogens is 304 g/mol. The molecule has 0 fully saturated rings. The van der Waals surface area contributed by atoms with Gasteiger partial charge in [-0.3, -0.25) is 0 Å². The number of halogens is 1. The molecule has 19 heavy (non-hydrogen) atoms. The summed E-state index contributed by atoms with van der Waals surface area (Å²) in [5.41, 5.74) is 2.18. The Bertz CT molecular complexity index is 584. The zero-order chi connectivity index (χ0) is 13.8. The average Bonchev–Trinajstić information content (AvgIpc) is 2.41. The first kappa shape index (κ1) is 14.1. The molecular formula is C15H19BrN2O. The molecule has 0 amide bonds. The summed E-state index contributed by atoms with van der Waals surface area (Å²) in [4.78, 5) is 4.75. The number of fused-ring (bicyclic) bond motifs is 1. The zero-order valence-electron chi connectivity index (χ0n) is 11.6. The summed E-state index contributed by atoms with van der Waals surface area (Å²) >= 11 is 3.56. The van der Waals surface area contributed by atoms with E-state index in [0.29, 0.717) is 0 Å².